The number of hydrogen-bond donors (Lipinski definition) is 1. The molecule has 3 heteroatoms. The minimum Gasteiger partial charge on any atom is -0.399 e. The van der Waals surface area contributed by atoms with Crippen LogP contribution in [-0.2, 0) is 0 Å². The molecule has 3 nitrogen and oxygen atoms in total. The number of piperidine rings is 1. The molecule has 0 bridgehead atoms. The maximum Gasteiger partial charge on any atom is 0.0370 e. The van der Waals surface area contributed by atoms with E-state index in [0.29, 0.717) is 6.04 Å². The molecule has 2 N–H and O–H groups in total. The average molecular weight is 247 g/mol. The van der Waals surface area contributed by atoms with Crippen LogP contribution in [-0.4, -0.2) is 38.1 Å². The van der Waals surface area contributed by atoms with Crippen molar-refractivity contribution < 1.29 is 0 Å². The molecule has 1 aliphatic rings. The Bertz CT molecular complexity index is 359. The van der Waals surface area contributed by atoms with E-state index in [0.717, 1.165) is 12.2 Å². The van der Waals surface area contributed by atoms with Crippen LogP contribution in [0.5, 0.6) is 0 Å². The van der Waals surface area contributed by atoms with Gasteiger partial charge in [-0.2, -0.15) is 0 Å². The predicted octanol–water partition coefficient (Wildman–Crippen LogP) is 2.58. The highest BCUT2D eigenvalue weighted by molar-refractivity contribution is 5.54. The van der Waals surface area contributed by atoms with Gasteiger partial charge in [0.1, 0.15) is 0 Å². The van der Waals surface area contributed by atoms with E-state index in [4.69, 9.17) is 5.73 Å². The van der Waals surface area contributed by atoms with E-state index in [1.54, 1.807) is 0 Å². The van der Waals surface area contributed by atoms with Crippen LogP contribution in [0.15, 0.2) is 24.3 Å². The summed E-state index contributed by atoms with van der Waals surface area (Å²) in [4.78, 5) is 4.84. The Kier molecular flexibility index (Phi) is 4.48. The fourth-order valence-electron chi connectivity index (χ4n) is 2.71. The minimum absolute atomic E-state index is 0.685. The molecule has 0 radical (unpaired) electrons. The van der Waals surface area contributed by atoms with Gasteiger partial charge in [-0.25, -0.2) is 0 Å². The number of hydrogen-bond acceptors (Lipinski definition) is 3. The van der Waals surface area contributed by atoms with Gasteiger partial charge in [-0.15, -0.1) is 0 Å². The van der Waals surface area contributed by atoms with Crippen molar-refractivity contribution in [3.8, 4) is 0 Å². The molecular weight excluding hydrogens is 222 g/mol. The number of nitrogens with two attached hydrogens (primary N) is 1. The second kappa shape index (κ2) is 6.10. The summed E-state index contributed by atoms with van der Waals surface area (Å²) in [7, 11) is 4.30. The average Bonchev–Trinajstić information content (AvgIpc) is 2.38. The topological polar surface area (TPSA) is 32.5 Å². The van der Waals surface area contributed by atoms with Crippen molar-refractivity contribution in [3.63, 3.8) is 0 Å². The third-order valence-corrected chi connectivity index (χ3v) is 3.76. The van der Waals surface area contributed by atoms with Crippen LogP contribution in [0.3, 0.4) is 0 Å². The first-order chi connectivity index (χ1) is 8.66. The Morgan fingerprint density at radius 1 is 1.22 bits per heavy atom. The maximum absolute atomic E-state index is 5.76. The third kappa shape index (κ3) is 3.39. The molecule has 1 aliphatic heterocycles. The highest BCUT2D eigenvalue weighted by Gasteiger charge is 2.22. The summed E-state index contributed by atoms with van der Waals surface area (Å²) in [6.07, 6.45) is 5.24. The molecule has 1 aromatic rings. The summed E-state index contributed by atoms with van der Waals surface area (Å²) in [5, 5.41) is 0. The summed E-state index contributed by atoms with van der Waals surface area (Å²) < 4.78 is 0. The van der Waals surface area contributed by atoms with Crippen LogP contribution < -0.4 is 10.6 Å². The van der Waals surface area contributed by atoms with Crippen LogP contribution in [0, 0.1) is 0 Å². The van der Waals surface area contributed by atoms with Crippen molar-refractivity contribution in [2.45, 2.75) is 31.7 Å². The maximum atomic E-state index is 5.76. The third-order valence-electron chi connectivity index (χ3n) is 3.76. The zero-order valence-corrected chi connectivity index (χ0v) is 11.6. The van der Waals surface area contributed by atoms with Crippen LogP contribution in [0.1, 0.15) is 25.7 Å². The van der Waals surface area contributed by atoms with Crippen molar-refractivity contribution in [1.82, 2.24) is 4.90 Å². The van der Waals surface area contributed by atoms with Crippen molar-refractivity contribution >= 4 is 11.4 Å². The van der Waals surface area contributed by atoms with Gasteiger partial charge < -0.3 is 15.5 Å². The van der Waals surface area contributed by atoms with E-state index < -0.39 is 0 Å². The van der Waals surface area contributed by atoms with E-state index in [-0.39, 0.29) is 0 Å². The molecule has 1 atom stereocenters. The Labute approximate surface area is 111 Å². The molecule has 1 heterocycles. The number of nitrogen functional groups attached to an aromatic ring is 1. The molecule has 0 aliphatic carbocycles. The lowest BCUT2D eigenvalue weighted by Crippen LogP contribution is -2.41. The normalized spacial score (nSPS) is 20.4. The quantitative estimate of drug-likeness (QED) is 0.830. The molecule has 1 aromatic carbocycles. The second-order valence-electron chi connectivity index (χ2n) is 5.53. The smallest absolute Gasteiger partial charge is 0.0370 e. The van der Waals surface area contributed by atoms with Gasteiger partial charge in [-0.05, 0) is 70.6 Å². The largest absolute Gasteiger partial charge is 0.399 e. The van der Waals surface area contributed by atoms with Crippen molar-refractivity contribution in [1.29, 1.82) is 0 Å². The minimum atomic E-state index is 0.685. The molecule has 0 amide bonds. The lowest BCUT2D eigenvalue weighted by atomic mass is 9.98. The highest BCUT2D eigenvalue weighted by Crippen LogP contribution is 2.27. The van der Waals surface area contributed by atoms with Crippen LogP contribution in [0.4, 0.5) is 11.4 Å². The van der Waals surface area contributed by atoms with Gasteiger partial charge in [-0.3, -0.25) is 0 Å². The Morgan fingerprint density at radius 3 is 2.61 bits per heavy atom. The SMILES string of the molecule is CN(C)CCC1CCCCN1c1ccc(N)cc1. The van der Waals surface area contributed by atoms with Gasteiger partial charge in [-0.1, -0.05) is 0 Å². The first-order valence-corrected chi connectivity index (χ1v) is 6.94. The molecule has 0 saturated carbocycles. The van der Waals surface area contributed by atoms with Gasteiger partial charge >= 0.3 is 0 Å². The van der Waals surface area contributed by atoms with Crippen LogP contribution in [0.2, 0.25) is 0 Å². The fourth-order valence-corrected chi connectivity index (χ4v) is 2.71. The summed E-state index contributed by atoms with van der Waals surface area (Å²) >= 11 is 0. The fraction of sp³-hybridized carbons (Fsp3) is 0.600. The number of nitrogens with zero attached hydrogens (tertiary/aromatic N) is 2. The lowest BCUT2D eigenvalue weighted by Gasteiger charge is -2.38. The number of benzene rings is 1. The molecule has 0 aromatic heterocycles. The molecule has 0 spiro atoms. The van der Waals surface area contributed by atoms with E-state index in [1.165, 1.54) is 37.9 Å². The molecule has 100 valence electrons. The monoisotopic (exact) mass is 247 g/mol. The van der Waals surface area contributed by atoms with Gasteiger partial charge in [0.2, 0.25) is 0 Å². The molecular formula is C15H25N3. The molecule has 1 fully saturated rings. The van der Waals surface area contributed by atoms with Crippen molar-refractivity contribution in [2.24, 2.45) is 0 Å². The van der Waals surface area contributed by atoms with Gasteiger partial charge in [0, 0.05) is 24.0 Å². The van der Waals surface area contributed by atoms with E-state index >= 15 is 0 Å². The molecule has 2 rings (SSSR count). The van der Waals surface area contributed by atoms with Crippen molar-refractivity contribution in [3.05, 3.63) is 24.3 Å². The van der Waals surface area contributed by atoms with E-state index in [1.807, 2.05) is 12.1 Å². The van der Waals surface area contributed by atoms with Gasteiger partial charge in [0.15, 0.2) is 0 Å². The summed E-state index contributed by atoms with van der Waals surface area (Å²) in [5.74, 6) is 0. The summed E-state index contributed by atoms with van der Waals surface area (Å²) in [6.45, 7) is 2.35. The summed E-state index contributed by atoms with van der Waals surface area (Å²) in [6, 6.07) is 9.01. The van der Waals surface area contributed by atoms with Crippen LogP contribution in [0.25, 0.3) is 0 Å². The zero-order chi connectivity index (χ0) is 13.0. The standard InChI is InChI=1S/C15H25N3/c1-17(2)12-10-14-5-3-4-11-18(14)15-8-6-13(16)7-9-15/h6-9,14H,3-5,10-12,16H2,1-2H3. The predicted molar refractivity (Wildman–Crippen MR) is 79.0 cm³/mol. The number of rotatable bonds is 4. The molecule has 1 saturated heterocycles. The van der Waals surface area contributed by atoms with Crippen molar-refractivity contribution in [2.75, 3.05) is 37.8 Å². The first-order valence-electron chi connectivity index (χ1n) is 6.94. The molecule has 1 unspecified atom stereocenters. The highest BCUT2D eigenvalue weighted by atomic mass is 15.2. The Hall–Kier alpha value is -1.22. The lowest BCUT2D eigenvalue weighted by molar-refractivity contribution is 0.349. The van der Waals surface area contributed by atoms with E-state index in [9.17, 15) is 0 Å². The van der Waals surface area contributed by atoms with Gasteiger partial charge in [0.05, 0.1) is 0 Å². The molecule has 18 heavy (non-hydrogen) atoms. The summed E-state index contributed by atoms with van der Waals surface area (Å²) in [5.41, 5.74) is 7.94. The Morgan fingerprint density at radius 2 is 1.94 bits per heavy atom. The van der Waals surface area contributed by atoms with Gasteiger partial charge in [0.25, 0.3) is 0 Å². The van der Waals surface area contributed by atoms with E-state index in [2.05, 4.69) is 36.0 Å². The van der Waals surface area contributed by atoms with Crippen LogP contribution >= 0.6 is 0 Å². The number of anilines is 2. The first kappa shape index (κ1) is 13.2. The zero-order valence-electron chi connectivity index (χ0n) is 11.6. The second-order valence-corrected chi connectivity index (χ2v) is 5.53. The Balaban J connectivity index is 2.05.